The Labute approximate surface area is 102 Å². The molecule has 1 rings (SSSR count). The lowest BCUT2D eigenvalue weighted by Crippen LogP contribution is -2.46. The summed E-state index contributed by atoms with van der Waals surface area (Å²) in [6, 6.07) is 0.795. The first kappa shape index (κ1) is 13.5. The van der Waals surface area contributed by atoms with Gasteiger partial charge in [-0.05, 0) is 11.8 Å². The van der Waals surface area contributed by atoms with Crippen LogP contribution in [0.15, 0.2) is 12.2 Å². The van der Waals surface area contributed by atoms with E-state index in [-0.39, 0.29) is 5.41 Å². The van der Waals surface area contributed by atoms with Gasteiger partial charge in [-0.1, -0.05) is 58.5 Å². The first-order chi connectivity index (χ1) is 7.18. The van der Waals surface area contributed by atoms with Gasteiger partial charge in [-0.3, -0.25) is 5.32 Å². The van der Waals surface area contributed by atoms with E-state index in [0.717, 1.165) is 6.42 Å². The molecule has 1 N–H and O–H groups in total. The zero-order valence-corrected chi connectivity index (χ0v) is 12.5. The standard InChI is InChI=1S/C14H25NSi/c1-14(2,3)13-9-7-8-12(15-13)10-11-16(4,5)6/h7,9,12-13,15H,8H2,1-6H3/t12-,13+/m1/s1. The summed E-state index contributed by atoms with van der Waals surface area (Å²) < 4.78 is 0. The van der Waals surface area contributed by atoms with E-state index < -0.39 is 8.07 Å². The van der Waals surface area contributed by atoms with Crippen molar-refractivity contribution in [3.63, 3.8) is 0 Å². The molecule has 2 atom stereocenters. The molecule has 0 saturated heterocycles. The van der Waals surface area contributed by atoms with Crippen LogP contribution in [0.5, 0.6) is 0 Å². The van der Waals surface area contributed by atoms with Gasteiger partial charge in [0.2, 0.25) is 0 Å². The van der Waals surface area contributed by atoms with Crippen molar-refractivity contribution in [3.05, 3.63) is 12.2 Å². The van der Waals surface area contributed by atoms with E-state index in [9.17, 15) is 0 Å². The second-order valence-corrected chi connectivity index (χ2v) is 11.5. The van der Waals surface area contributed by atoms with Crippen molar-refractivity contribution in [1.29, 1.82) is 0 Å². The fraction of sp³-hybridized carbons (Fsp3) is 0.714. The highest BCUT2D eigenvalue weighted by Crippen LogP contribution is 2.23. The third kappa shape index (κ3) is 4.55. The minimum atomic E-state index is -1.23. The summed E-state index contributed by atoms with van der Waals surface area (Å²) in [4.78, 5) is 0. The van der Waals surface area contributed by atoms with Crippen LogP contribution in [0.1, 0.15) is 27.2 Å². The maximum atomic E-state index is 3.63. The highest BCUT2D eigenvalue weighted by molar-refractivity contribution is 6.83. The lowest BCUT2D eigenvalue weighted by atomic mass is 9.84. The molecule has 1 aliphatic heterocycles. The average molecular weight is 235 g/mol. The SMILES string of the molecule is CC(C)(C)[C@@H]1C=CC[C@H](C#C[Si](C)(C)C)N1. The molecule has 0 spiro atoms. The van der Waals surface area contributed by atoms with Crippen molar-refractivity contribution in [3.8, 4) is 11.5 Å². The minimum absolute atomic E-state index is 0.274. The molecule has 0 amide bonds. The van der Waals surface area contributed by atoms with Gasteiger partial charge in [-0.25, -0.2) is 0 Å². The van der Waals surface area contributed by atoms with Crippen LogP contribution in [0.25, 0.3) is 0 Å². The Morgan fingerprint density at radius 3 is 2.38 bits per heavy atom. The predicted octanol–water partition coefficient (Wildman–Crippen LogP) is 3.20. The molecule has 0 saturated carbocycles. The number of rotatable bonds is 0. The molecular formula is C14H25NSi. The summed E-state index contributed by atoms with van der Waals surface area (Å²) >= 11 is 0. The van der Waals surface area contributed by atoms with Crippen molar-refractivity contribution in [2.75, 3.05) is 0 Å². The monoisotopic (exact) mass is 235 g/mol. The van der Waals surface area contributed by atoms with Gasteiger partial charge in [0.1, 0.15) is 8.07 Å². The highest BCUT2D eigenvalue weighted by Gasteiger charge is 2.26. The number of nitrogens with one attached hydrogen (secondary N) is 1. The van der Waals surface area contributed by atoms with Crippen molar-refractivity contribution >= 4 is 8.07 Å². The first-order valence-corrected chi connectivity index (χ1v) is 9.64. The summed E-state index contributed by atoms with van der Waals surface area (Å²) in [6.07, 6.45) is 5.60. The van der Waals surface area contributed by atoms with Gasteiger partial charge in [-0.2, -0.15) is 0 Å². The molecule has 2 heteroatoms. The van der Waals surface area contributed by atoms with Gasteiger partial charge in [-0.15, -0.1) is 5.54 Å². The van der Waals surface area contributed by atoms with Gasteiger partial charge in [0, 0.05) is 6.04 Å². The molecule has 90 valence electrons. The lowest BCUT2D eigenvalue weighted by molar-refractivity contribution is 0.294. The zero-order valence-electron chi connectivity index (χ0n) is 11.5. The number of hydrogen-bond acceptors (Lipinski definition) is 1. The molecule has 0 aromatic carbocycles. The van der Waals surface area contributed by atoms with Crippen LogP contribution >= 0.6 is 0 Å². The molecular weight excluding hydrogens is 210 g/mol. The molecule has 0 aromatic rings. The molecule has 0 fully saturated rings. The van der Waals surface area contributed by atoms with Crippen molar-refractivity contribution in [2.24, 2.45) is 5.41 Å². The van der Waals surface area contributed by atoms with E-state index in [2.05, 4.69) is 69.3 Å². The molecule has 16 heavy (non-hydrogen) atoms. The van der Waals surface area contributed by atoms with Gasteiger partial charge < -0.3 is 0 Å². The zero-order chi connectivity index (χ0) is 12.4. The Hall–Kier alpha value is -0.523. The molecule has 1 aliphatic rings. The lowest BCUT2D eigenvalue weighted by Gasteiger charge is -2.34. The fourth-order valence-corrected chi connectivity index (χ4v) is 2.24. The summed E-state index contributed by atoms with van der Waals surface area (Å²) in [7, 11) is -1.23. The van der Waals surface area contributed by atoms with Gasteiger partial charge in [0.25, 0.3) is 0 Å². The Kier molecular flexibility index (Phi) is 4.04. The van der Waals surface area contributed by atoms with Crippen LogP contribution in [0.3, 0.4) is 0 Å². The Morgan fingerprint density at radius 1 is 1.25 bits per heavy atom. The maximum Gasteiger partial charge on any atom is 0.129 e. The van der Waals surface area contributed by atoms with Crippen molar-refractivity contribution < 1.29 is 0 Å². The van der Waals surface area contributed by atoms with Crippen molar-refractivity contribution in [2.45, 2.75) is 58.9 Å². The second-order valence-electron chi connectivity index (χ2n) is 6.75. The van der Waals surface area contributed by atoms with Crippen LogP contribution in [0.4, 0.5) is 0 Å². The van der Waals surface area contributed by atoms with Crippen molar-refractivity contribution in [1.82, 2.24) is 5.32 Å². The van der Waals surface area contributed by atoms with E-state index in [4.69, 9.17) is 0 Å². The van der Waals surface area contributed by atoms with E-state index >= 15 is 0 Å². The van der Waals surface area contributed by atoms with E-state index in [1.54, 1.807) is 0 Å². The molecule has 0 aliphatic carbocycles. The molecule has 1 heterocycles. The van der Waals surface area contributed by atoms with Crippen LogP contribution in [-0.4, -0.2) is 20.2 Å². The summed E-state index contributed by atoms with van der Waals surface area (Å²) in [5.74, 6) is 3.41. The first-order valence-electron chi connectivity index (χ1n) is 6.14. The van der Waals surface area contributed by atoms with E-state index in [1.165, 1.54) is 0 Å². The summed E-state index contributed by atoms with van der Waals surface area (Å²) in [6.45, 7) is 13.7. The third-order valence-electron chi connectivity index (χ3n) is 2.64. The molecule has 0 radical (unpaired) electrons. The van der Waals surface area contributed by atoms with Crippen LogP contribution < -0.4 is 5.32 Å². The van der Waals surface area contributed by atoms with Gasteiger partial charge in [0.15, 0.2) is 0 Å². The molecule has 0 unspecified atom stereocenters. The molecule has 0 bridgehead atoms. The fourth-order valence-electron chi connectivity index (χ4n) is 1.63. The summed E-state index contributed by atoms with van der Waals surface area (Å²) in [5.41, 5.74) is 3.73. The Balaban J connectivity index is 2.67. The number of hydrogen-bond donors (Lipinski definition) is 1. The van der Waals surface area contributed by atoms with Crippen LogP contribution in [0, 0.1) is 16.9 Å². The third-order valence-corrected chi connectivity index (χ3v) is 3.53. The highest BCUT2D eigenvalue weighted by atomic mass is 28.3. The van der Waals surface area contributed by atoms with Crippen LogP contribution in [-0.2, 0) is 0 Å². The van der Waals surface area contributed by atoms with Crippen LogP contribution in [0.2, 0.25) is 19.6 Å². The summed E-state index contributed by atoms with van der Waals surface area (Å²) in [5, 5.41) is 3.63. The van der Waals surface area contributed by atoms with E-state index in [0.29, 0.717) is 12.1 Å². The largest absolute Gasteiger partial charge is 0.297 e. The minimum Gasteiger partial charge on any atom is -0.297 e. The Bertz CT molecular complexity index is 319. The van der Waals surface area contributed by atoms with Gasteiger partial charge >= 0.3 is 0 Å². The second kappa shape index (κ2) is 4.77. The van der Waals surface area contributed by atoms with E-state index in [1.807, 2.05) is 0 Å². The molecule has 0 aromatic heterocycles. The average Bonchev–Trinajstić information content (AvgIpc) is 2.13. The quantitative estimate of drug-likeness (QED) is 0.386. The maximum absolute atomic E-state index is 3.63. The normalized spacial score (nSPS) is 26.1. The smallest absolute Gasteiger partial charge is 0.129 e. The Morgan fingerprint density at radius 2 is 1.88 bits per heavy atom. The topological polar surface area (TPSA) is 12.0 Å². The molecule has 1 nitrogen and oxygen atoms in total. The predicted molar refractivity (Wildman–Crippen MR) is 75.0 cm³/mol. The van der Waals surface area contributed by atoms with Gasteiger partial charge in [0.05, 0.1) is 6.04 Å².